The second kappa shape index (κ2) is 3.06. The zero-order valence-corrected chi connectivity index (χ0v) is 7.43. The molecule has 0 radical (unpaired) electrons. The van der Waals surface area contributed by atoms with Crippen LogP contribution in [-0.2, 0) is 5.92 Å². The highest BCUT2D eigenvalue weighted by molar-refractivity contribution is 5.83. The van der Waals surface area contributed by atoms with Crippen LogP contribution in [0.25, 0.3) is 10.9 Å². The first kappa shape index (κ1) is 9.15. The molecule has 0 unspecified atom stereocenters. The second-order valence-electron chi connectivity index (χ2n) is 3.16. The number of aromatic amines is 1. The molecule has 14 heavy (non-hydrogen) atoms. The number of fused-ring (bicyclic) bond motifs is 1. The molecule has 4 heteroatoms. The molecular formula is C10H10F2N2. The first-order chi connectivity index (χ1) is 6.65. The van der Waals surface area contributed by atoms with Crippen LogP contribution in [0.4, 0.5) is 8.78 Å². The maximum atomic E-state index is 13.3. The van der Waals surface area contributed by atoms with Gasteiger partial charge < -0.3 is 10.7 Å². The van der Waals surface area contributed by atoms with Crippen LogP contribution in [0.5, 0.6) is 0 Å². The molecular weight excluding hydrogens is 186 g/mol. The van der Waals surface area contributed by atoms with Crippen molar-refractivity contribution in [3.8, 4) is 0 Å². The number of halogens is 2. The number of aromatic nitrogens is 1. The van der Waals surface area contributed by atoms with Crippen LogP contribution in [0.1, 0.15) is 5.56 Å². The van der Waals surface area contributed by atoms with Gasteiger partial charge in [-0.25, -0.2) is 0 Å². The van der Waals surface area contributed by atoms with Gasteiger partial charge in [0.05, 0.1) is 12.1 Å². The van der Waals surface area contributed by atoms with Gasteiger partial charge in [-0.2, -0.15) is 8.78 Å². The Bertz CT molecular complexity index is 448. The molecule has 2 aromatic rings. The van der Waals surface area contributed by atoms with Crippen molar-refractivity contribution in [1.29, 1.82) is 0 Å². The maximum Gasteiger partial charge on any atom is 0.287 e. The number of hydrogen-bond acceptors (Lipinski definition) is 1. The van der Waals surface area contributed by atoms with E-state index in [1.54, 1.807) is 24.4 Å². The van der Waals surface area contributed by atoms with Gasteiger partial charge in [0, 0.05) is 11.8 Å². The minimum Gasteiger partial charge on any atom is -0.361 e. The number of hydrogen-bond donors (Lipinski definition) is 2. The van der Waals surface area contributed by atoms with E-state index in [0.717, 1.165) is 5.39 Å². The van der Waals surface area contributed by atoms with Gasteiger partial charge in [-0.05, 0) is 11.5 Å². The van der Waals surface area contributed by atoms with Crippen LogP contribution in [-0.4, -0.2) is 11.5 Å². The fourth-order valence-corrected chi connectivity index (χ4v) is 1.50. The Morgan fingerprint density at radius 3 is 2.79 bits per heavy atom. The number of nitrogens with two attached hydrogens (primary N) is 1. The summed E-state index contributed by atoms with van der Waals surface area (Å²) in [6.45, 7) is -0.675. The average Bonchev–Trinajstić information content (AvgIpc) is 2.64. The number of benzene rings is 1. The Balaban J connectivity index is 2.67. The van der Waals surface area contributed by atoms with Gasteiger partial charge >= 0.3 is 0 Å². The van der Waals surface area contributed by atoms with Gasteiger partial charge in [0.15, 0.2) is 0 Å². The molecule has 0 aliphatic carbocycles. The molecule has 0 atom stereocenters. The molecule has 3 N–H and O–H groups in total. The monoisotopic (exact) mass is 196 g/mol. The minimum atomic E-state index is -2.97. The highest BCUT2D eigenvalue weighted by Crippen LogP contribution is 2.31. The van der Waals surface area contributed by atoms with Crippen molar-refractivity contribution in [2.45, 2.75) is 5.92 Å². The molecule has 1 heterocycles. The summed E-state index contributed by atoms with van der Waals surface area (Å²) in [6.07, 6.45) is 1.64. The topological polar surface area (TPSA) is 41.8 Å². The van der Waals surface area contributed by atoms with Gasteiger partial charge in [0.1, 0.15) is 0 Å². The third kappa shape index (κ3) is 1.28. The van der Waals surface area contributed by atoms with Gasteiger partial charge in [0.25, 0.3) is 5.92 Å². The highest BCUT2D eigenvalue weighted by atomic mass is 19.3. The van der Waals surface area contributed by atoms with E-state index >= 15 is 0 Å². The molecule has 1 aromatic heterocycles. The molecule has 2 rings (SSSR count). The third-order valence-electron chi connectivity index (χ3n) is 2.24. The molecule has 0 spiro atoms. The van der Waals surface area contributed by atoms with E-state index < -0.39 is 12.5 Å². The summed E-state index contributed by atoms with van der Waals surface area (Å²) in [5, 5.41) is 0.774. The second-order valence-corrected chi connectivity index (χ2v) is 3.16. The predicted molar refractivity (Wildman–Crippen MR) is 51.2 cm³/mol. The first-order valence-corrected chi connectivity index (χ1v) is 4.29. The Kier molecular flexibility index (Phi) is 2.00. The third-order valence-corrected chi connectivity index (χ3v) is 2.24. The van der Waals surface area contributed by atoms with Crippen molar-refractivity contribution in [2.24, 2.45) is 5.73 Å². The molecule has 0 fully saturated rings. The van der Waals surface area contributed by atoms with Crippen molar-refractivity contribution in [2.75, 3.05) is 6.54 Å². The van der Waals surface area contributed by atoms with E-state index in [4.69, 9.17) is 5.73 Å². The van der Waals surface area contributed by atoms with Gasteiger partial charge in [0.2, 0.25) is 0 Å². The lowest BCUT2D eigenvalue weighted by molar-refractivity contribution is 0.00737. The number of rotatable bonds is 2. The highest BCUT2D eigenvalue weighted by Gasteiger charge is 2.31. The van der Waals surface area contributed by atoms with E-state index in [1.807, 2.05) is 0 Å². The van der Waals surface area contributed by atoms with Gasteiger partial charge in [-0.3, -0.25) is 0 Å². The van der Waals surface area contributed by atoms with Crippen molar-refractivity contribution >= 4 is 10.9 Å². The zero-order chi connectivity index (χ0) is 10.2. The van der Waals surface area contributed by atoms with Crippen molar-refractivity contribution in [1.82, 2.24) is 4.98 Å². The lowest BCUT2D eigenvalue weighted by atomic mass is 10.1. The van der Waals surface area contributed by atoms with E-state index in [0.29, 0.717) is 5.52 Å². The lowest BCUT2D eigenvalue weighted by Crippen LogP contribution is -2.25. The molecule has 2 nitrogen and oxygen atoms in total. The van der Waals surface area contributed by atoms with E-state index in [-0.39, 0.29) is 5.56 Å². The number of nitrogens with one attached hydrogen (secondary N) is 1. The number of H-pyrrole nitrogens is 1. The molecule has 74 valence electrons. The van der Waals surface area contributed by atoms with Crippen LogP contribution >= 0.6 is 0 Å². The fourth-order valence-electron chi connectivity index (χ4n) is 1.50. The van der Waals surface area contributed by atoms with Crippen LogP contribution in [0, 0.1) is 0 Å². The van der Waals surface area contributed by atoms with E-state index in [2.05, 4.69) is 4.98 Å². The lowest BCUT2D eigenvalue weighted by Gasteiger charge is -2.14. The van der Waals surface area contributed by atoms with Crippen LogP contribution in [0.3, 0.4) is 0 Å². The fraction of sp³-hybridized carbons (Fsp3) is 0.200. The molecule has 0 amide bonds. The predicted octanol–water partition coefficient (Wildman–Crippen LogP) is 2.22. The van der Waals surface area contributed by atoms with Crippen molar-refractivity contribution in [3.63, 3.8) is 0 Å². The van der Waals surface area contributed by atoms with E-state index in [9.17, 15) is 8.78 Å². The van der Waals surface area contributed by atoms with Gasteiger partial charge in [-0.15, -0.1) is 0 Å². The standard InChI is InChI=1S/C10H10F2N2/c11-10(12,6-13)8-3-1-2-7-4-5-14-9(7)8/h1-5,14H,6,13H2. The molecule has 1 aromatic carbocycles. The largest absolute Gasteiger partial charge is 0.361 e. The minimum absolute atomic E-state index is 0.0394. The summed E-state index contributed by atoms with van der Waals surface area (Å²) in [4.78, 5) is 2.79. The van der Waals surface area contributed by atoms with Crippen LogP contribution < -0.4 is 5.73 Å². The SMILES string of the molecule is NCC(F)(F)c1cccc2cc[nH]c12. The number of para-hydroxylation sites is 1. The van der Waals surface area contributed by atoms with Crippen LogP contribution in [0.15, 0.2) is 30.5 Å². The quantitative estimate of drug-likeness (QED) is 0.759. The van der Waals surface area contributed by atoms with Crippen molar-refractivity contribution < 1.29 is 8.78 Å². The average molecular weight is 196 g/mol. The molecule has 0 saturated carbocycles. The van der Waals surface area contributed by atoms with E-state index in [1.165, 1.54) is 6.07 Å². The summed E-state index contributed by atoms with van der Waals surface area (Å²) in [5.74, 6) is -2.97. The van der Waals surface area contributed by atoms with Crippen LogP contribution in [0.2, 0.25) is 0 Å². The molecule has 0 aliphatic heterocycles. The zero-order valence-electron chi connectivity index (χ0n) is 7.43. The molecule has 0 aliphatic rings. The Labute approximate surface area is 79.7 Å². The van der Waals surface area contributed by atoms with Crippen molar-refractivity contribution in [3.05, 3.63) is 36.0 Å². The maximum absolute atomic E-state index is 13.3. The smallest absolute Gasteiger partial charge is 0.287 e. The Morgan fingerprint density at radius 1 is 1.29 bits per heavy atom. The normalized spacial score (nSPS) is 12.2. The summed E-state index contributed by atoms with van der Waals surface area (Å²) in [7, 11) is 0. The summed E-state index contributed by atoms with van der Waals surface area (Å²) >= 11 is 0. The van der Waals surface area contributed by atoms with Gasteiger partial charge in [-0.1, -0.05) is 18.2 Å². The summed E-state index contributed by atoms with van der Waals surface area (Å²) in [6, 6.07) is 6.54. The molecule has 0 bridgehead atoms. The Morgan fingerprint density at radius 2 is 2.07 bits per heavy atom. The summed E-state index contributed by atoms with van der Waals surface area (Å²) < 4.78 is 26.7. The Hall–Kier alpha value is -1.42. The number of alkyl halides is 2. The first-order valence-electron chi connectivity index (χ1n) is 4.29. The molecule has 0 saturated heterocycles. The summed E-state index contributed by atoms with van der Waals surface area (Å²) in [5.41, 5.74) is 5.46.